The molecule has 0 saturated heterocycles. The van der Waals surface area contributed by atoms with Crippen LogP contribution < -0.4 is 16.0 Å². The first-order valence-corrected chi connectivity index (χ1v) is 7.30. The number of benzene rings is 1. The van der Waals surface area contributed by atoms with Crippen molar-refractivity contribution in [3.8, 4) is 5.75 Å². The van der Waals surface area contributed by atoms with Gasteiger partial charge in [-0.05, 0) is 36.2 Å². The lowest BCUT2D eigenvalue weighted by atomic mass is 10.2. The Balaban J connectivity index is 2.10. The highest BCUT2D eigenvalue weighted by atomic mass is 35.5. The zero-order valence-electron chi connectivity index (χ0n) is 12.0. The minimum absolute atomic E-state index is 0.0362. The monoisotopic (exact) mass is 306 g/mol. The van der Waals surface area contributed by atoms with Gasteiger partial charge in [-0.3, -0.25) is 4.79 Å². The van der Waals surface area contributed by atoms with E-state index in [1.807, 2.05) is 25.1 Å². The predicted molar refractivity (Wildman–Crippen MR) is 84.8 cm³/mol. The number of nitrogens with zero attached hydrogens (tertiary/aromatic N) is 1. The molecule has 5 heteroatoms. The van der Waals surface area contributed by atoms with Gasteiger partial charge >= 0.3 is 0 Å². The standard InChI is InChI=1S/C16H19ClN2O2/c1-2-14(18)10-19-8-4-7-15(16(19)20)21-11-12-5-3-6-13(17)9-12/h3-9,14H,2,10-11,18H2,1H3. The Morgan fingerprint density at radius 1 is 1.33 bits per heavy atom. The lowest BCUT2D eigenvalue weighted by molar-refractivity contribution is 0.298. The molecule has 0 spiro atoms. The number of hydrogen-bond acceptors (Lipinski definition) is 3. The van der Waals surface area contributed by atoms with Crippen LogP contribution in [0.25, 0.3) is 0 Å². The first-order chi connectivity index (χ1) is 10.1. The van der Waals surface area contributed by atoms with Crippen molar-refractivity contribution >= 4 is 11.6 Å². The fourth-order valence-corrected chi connectivity index (χ4v) is 2.15. The highest BCUT2D eigenvalue weighted by Gasteiger charge is 2.07. The molecule has 0 bridgehead atoms. The minimum atomic E-state index is -0.163. The van der Waals surface area contributed by atoms with Crippen molar-refractivity contribution in [1.82, 2.24) is 4.57 Å². The molecule has 0 aliphatic heterocycles. The van der Waals surface area contributed by atoms with Crippen molar-refractivity contribution in [2.45, 2.75) is 32.5 Å². The molecule has 1 aromatic carbocycles. The predicted octanol–water partition coefficient (Wildman–Crippen LogP) is 2.82. The number of rotatable bonds is 6. The van der Waals surface area contributed by atoms with E-state index in [9.17, 15) is 4.79 Å². The summed E-state index contributed by atoms with van der Waals surface area (Å²) in [6.07, 6.45) is 2.55. The third-order valence-corrected chi connectivity index (χ3v) is 3.46. The van der Waals surface area contributed by atoms with Crippen LogP contribution in [0.2, 0.25) is 5.02 Å². The maximum absolute atomic E-state index is 12.3. The van der Waals surface area contributed by atoms with Gasteiger partial charge in [0.25, 0.3) is 5.56 Å². The van der Waals surface area contributed by atoms with E-state index in [1.165, 1.54) is 0 Å². The van der Waals surface area contributed by atoms with Crippen molar-refractivity contribution in [1.29, 1.82) is 0 Å². The van der Waals surface area contributed by atoms with Gasteiger partial charge in [0.1, 0.15) is 6.61 Å². The summed E-state index contributed by atoms with van der Waals surface area (Å²) in [6, 6.07) is 10.8. The zero-order chi connectivity index (χ0) is 15.2. The Kier molecular flexibility index (Phi) is 5.42. The number of nitrogens with two attached hydrogens (primary N) is 1. The van der Waals surface area contributed by atoms with Crippen LogP contribution in [0.15, 0.2) is 47.4 Å². The van der Waals surface area contributed by atoms with E-state index in [0.717, 1.165) is 12.0 Å². The first kappa shape index (κ1) is 15.6. The fourth-order valence-electron chi connectivity index (χ4n) is 1.94. The largest absolute Gasteiger partial charge is 0.483 e. The quantitative estimate of drug-likeness (QED) is 0.893. The summed E-state index contributed by atoms with van der Waals surface area (Å²) in [7, 11) is 0. The highest BCUT2D eigenvalue weighted by Crippen LogP contribution is 2.13. The molecule has 1 heterocycles. The van der Waals surface area contributed by atoms with Gasteiger partial charge in [-0.2, -0.15) is 0 Å². The second kappa shape index (κ2) is 7.29. The molecule has 1 unspecified atom stereocenters. The summed E-state index contributed by atoms with van der Waals surface area (Å²) in [5, 5.41) is 0.649. The van der Waals surface area contributed by atoms with E-state index < -0.39 is 0 Å². The van der Waals surface area contributed by atoms with E-state index in [1.54, 1.807) is 29.0 Å². The van der Waals surface area contributed by atoms with Gasteiger partial charge in [-0.1, -0.05) is 30.7 Å². The number of pyridine rings is 1. The minimum Gasteiger partial charge on any atom is -0.483 e. The molecule has 2 aromatic rings. The van der Waals surface area contributed by atoms with Crippen molar-refractivity contribution in [2.75, 3.05) is 0 Å². The van der Waals surface area contributed by atoms with Crippen LogP contribution in [0.5, 0.6) is 5.75 Å². The van der Waals surface area contributed by atoms with Gasteiger partial charge in [0.2, 0.25) is 0 Å². The summed E-state index contributed by atoms with van der Waals surface area (Å²) in [5.74, 6) is 0.320. The maximum Gasteiger partial charge on any atom is 0.292 e. The molecule has 2 rings (SSSR count). The lowest BCUT2D eigenvalue weighted by Crippen LogP contribution is -2.31. The van der Waals surface area contributed by atoms with Gasteiger partial charge < -0.3 is 15.0 Å². The van der Waals surface area contributed by atoms with Crippen LogP contribution in [-0.2, 0) is 13.2 Å². The van der Waals surface area contributed by atoms with Crippen molar-refractivity contribution in [2.24, 2.45) is 5.73 Å². The number of hydrogen-bond donors (Lipinski definition) is 1. The van der Waals surface area contributed by atoms with Gasteiger partial charge in [0.15, 0.2) is 5.75 Å². The van der Waals surface area contributed by atoms with Crippen LogP contribution >= 0.6 is 11.6 Å². The van der Waals surface area contributed by atoms with E-state index >= 15 is 0 Å². The molecule has 21 heavy (non-hydrogen) atoms. The van der Waals surface area contributed by atoms with Crippen molar-refractivity contribution in [3.63, 3.8) is 0 Å². The number of aromatic nitrogens is 1. The Bertz CT molecular complexity index is 655. The Morgan fingerprint density at radius 3 is 2.86 bits per heavy atom. The molecule has 0 amide bonds. The third-order valence-electron chi connectivity index (χ3n) is 3.22. The first-order valence-electron chi connectivity index (χ1n) is 6.92. The molecule has 0 radical (unpaired) electrons. The second-order valence-corrected chi connectivity index (χ2v) is 5.35. The molecule has 2 N–H and O–H groups in total. The van der Waals surface area contributed by atoms with Gasteiger partial charge in [0, 0.05) is 23.8 Å². The van der Waals surface area contributed by atoms with Crippen LogP contribution in [0.4, 0.5) is 0 Å². The highest BCUT2D eigenvalue weighted by molar-refractivity contribution is 6.30. The molecule has 0 aliphatic rings. The summed E-state index contributed by atoms with van der Waals surface area (Å²) in [4.78, 5) is 12.3. The molecule has 1 atom stereocenters. The van der Waals surface area contributed by atoms with E-state index in [4.69, 9.17) is 22.1 Å². The van der Waals surface area contributed by atoms with Crippen LogP contribution in [0, 0.1) is 0 Å². The summed E-state index contributed by atoms with van der Waals surface area (Å²) in [5.41, 5.74) is 6.65. The Labute approximate surface area is 129 Å². The SMILES string of the molecule is CCC(N)Cn1cccc(OCc2cccc(Cl)c2)c1=O. The molecular weight excluding hydrogens is 288 g/mol. The summed E-state index contributed by atoms with van der Waals surface area (Å²) in [6.45, 7) is 2.79. The number of halogens is 1. The van der Waals surface area contributed by atoms with Crippen molar-refractivity contribution in [3.05, 3.63) is 63.5 Å². The molecule has 0 saturated carbocycles. The topological polar surface area (TPSA) is 57.2 Å². The maximum atomic E-state index is 12.3. The van der Waals surface area contributed by atoms with Gasteiger partial charge in [-0.15, -0.1) is 0 Å². The zero-order valence-corrected chi connectivity index (χ0v) is 12.7. The van der Waals surface area contributed by atoms with Crippen LogP contribution in [0.1, 0.15) is 18.9 Å². The molecular formula is C16H19ClN2O2. The van der Waals surface area contributed by atoms with E-state index in [2.05, 4.69) is 0 Å². The average Bonchev–Trinajstić information content (AvgIpc) is 2.48. The summed E-state index contributed by atoms with van der Waals surface area (Å²) < 4.78 is 7.19. The molecule has 0 aliphatic carbocycles. The molecule has 1 aromatic heterocycles. The van der Waals surface area contributed by atoms with E-state index in [-0.39, 0.29) is 11.6 Å². The third kappa shape index (κ3) is 4.34. The number of ether oxygens (including phenoxy) is 1. The normalized spacial score (nSPS) is 12.1. The molecule has 112 valence electrons. The summed E-state index contributed by atoms with van der Waals surface area (Å²) >= 11 is 5.92. The Hall–Kier alpha value is -1.78. The van der Waals surface area contributed by atoms with Crippen LogP contribution in [-0.4, -0.2) is 10.6 Å². The Morgan fingerprint density at radius 2 is 2.14 bits per heavy atom. The van der Waals surface area contributed by atoms with E-state index in [0.29, 0.717) is 23.9 Å². The second-order valence-electron chi connectivity index (χ2n) is 4.92. The average molecular weight is 307 g/mol. The van der Waals surface area contributed by atoms with Crippen molar-refractivity contribution < 1.29 is 4.74 Å². The van der Waals surface area contributed by atoms with Gasteiger partial charge in [0.05, 0.1) is 0 Å². The fraction of sp³-hybridized carbons (Fsp3) is 0.312. The smallest absolute Gasteiger partial charge is 0.292 e. The lowest BCUT2D eigenvalue weighted by Gasteiger charge is -2.13. The molecule has 4 nitrogen and oxygen atoms in total. The molecule has 0 fully saturated rings. The van der Waals surface area contributed by atoms with Crippen LogP contribution in [0.3, 0.4) is 0 Å². The van der Waals surface area contributed by atoms with Gasteiger partial charge in [-0.25, -0.2) is 0 Å².